The zero-order chi connectivity index (χ0) is 23.8. The molecule has 0 aromatic heterocycles. The first kappa shape index (κ1) is 24.5. The number of rotatable bonds is 10. The molecule has 13 heteroatoms. The van der Waals surface area contributed by atoms with Crippen molar-refractivity contribution in [3.05, 3.63) is 79.9 Å². The van der Waals surface area contributed by atoms with E-state index in [2.05, 4.69) is 15.9 Å². The summed E-state index contributed by atoms with van der Waals surface area (Å²) in [5.41, 5.74) is -0.640. The number of nitrogens with zero attached hydrogens (tertiary/aromatic N) is 2. The molecule has 0 spiro atoms. The first-order valence-electron chi connectivity index (χ1n) is 8.74. The van der Waals surface area contributed by atoms with Crippen LogP contribution < -0.4 is 0 Å². The molecule has 0 aliphatic carbocycles. The van der Waals surface area contributed by atoms with Crippen LogP contribution in [0.15, 0.2) is 48.5 Å². The van der Waals surface area contributed by atoms with E-state index in [1.165, 1.54) is 12.1 Å². The number of carbonyl (C=O) groups excluding carboxylic acids is 3. The zero-order valence-corrected chi connectivity index (χ0v) is 17.5. The maximum Gasteiger partial charge on any atom is 0.338 e. The van der Waals surface area contributed by atoms with Gasteiger partial charge in [-0.25, -0.2) is 14.0 Å². The Morgan fingerprint density at radius 1 is 0.938 bits per heavy atom. The van der Waals surface area contributed by atoms with Crippen molar-refractivity contribution in [2.24, 2.45) is 0 Å². The van der Waals surface area contributed by atoms with Crippen LogP contribution in [0.4, 0.5) is 15.8 Å². The fourth-order valence-electron chi connectivity index (χ4n) is 2.38. The summed E-state index contributed by atoms with van der Waals surface area (Å²) in [5, 5.41) is 21.3. The number of ether oxygens (including phenoxy) is 2. The summed E-state index contributed by atoms with van der Waals surface area (Å²) < 4.78 is 24.1. The molecule has 0 aliphatic heterocycles. The van der Waals surface area contributed by atoms with Crippen molar-refractivity contribution in [3.8, 4) is 0 Å². The fourth-order valence-corrected chi connectivity index (χ4v) is 2.91. The number of nitro groups is 2. The molecule has 0 saturated heterocycles. The van der Waals surface area contributed by atoms with Crippen molar-refractivity contribution in [2.75, 3.05) is 6.61 Å². The van der Waals surface area contributed by atoms with Crippen LogP contribution in [0.2, 0.25) is 0 Å². The smallest absolute Gasteiger partial charge is 0.338 e. The Balaban J connectivity index is 2.03. The van der Waals surface area contributed by atoms with Crippen molar-refractivity contribution >= 4 is 45.5 Å². The molecule has 3 atom stereocenters. The van der Waals surface area contributed by atoms with Gasteiger partial charge in [0.1, 0.15) is 6.61 Å². The Hall–Kier alpha value is -3.74. The van der Waals surface area contributed by atoms with Gasteiger partial charge in [0.2, 0.25) is 0 Å². The normalized spacial score (nSPS) is 13.3. The number of non-ortho nitro benzene ring substituents is 2. The monoisotopic (exact) mass is 512 g/mol. The molecule has 168 valence electrons. The third-order valence-corrected chi connectivity index (χ3v) is 4.83. The first-order valence-corrected chi connectivity index (χ1v) is 9.66. The van der Waals surface area contributed by atoms with Crippen LogP contribution in [0.5, 0.6) is 0 Å². The van der Waals surface area contributed by atoms with Gasteiger partial charge in [0.15, 0.2) is 18.6 Å². The molecular weight excluding hydrogens is 499 g/mol. The molecule has 3 unspecified atom stereocenters. The molecule has 11 nitrogen and oxygen atoms in total. The van der Waals surface area contributed by atoms with Gasteiger partial charge in [0.05, 0.1) is 25.8 Å². The number of benzene rings is 2. The first-order chi connectivity index (χ1) is 15.1. The molecule has 0 fully saturated rings. The molecule has 0 bridgehead atoms. The minimum atomic E-state index is -2.26. The highest BCUT2D eigenvalue weighted by Gasteiger charge is 2.33. The van der Waals surface area contributed by atoms with E-state index in [0.29, 0.717) is 0 Å². The number of aldehydes is 1. The second-order valence-corrected chi connectivity index (χ2v) is 7.35. The number of halogens is 2. The van der Waals surface area contributed by atoms with E-state index in [4.69, 9.17) is 9.47 Å². The number of hydrogen-bond acceptors (Lipinski definition) is 9. The average molecular weight is 513 g/mol. The predicted molar refractivity (Wildman–Crippen MR) is 109 cm³/mol. The van der Waals surface area contributed by atoms with Crippen LogP contribution in [-0.2, 0) is 14.3 Å². The molecule has 0 amide bonds. The van der Waals surface area contributed by atoms with E-state index in [0.717, 1.165) is 36.4 Å². The van der Waals surface area contributed by atoms with Gasteiger partial charge in [-0.1, -0.05) is 15.9 Å². The maximum absolute atomic E-state index is 14.1. The van der Waals surface area contributed by atoms with Gasteiger partial charge in [-0.15, -0.1) is 0 Å². The molecule has 2 aromatic carbocycles. The average Bonchev–Trinajstić information content (AvgIpc) is 2.80. The summed E-state index contributed by atoms with van der Waals surface area (Å²) in [6.07, 6.45) is -4.04. The quantitative estimate of drug-likeness (QED) is 0.153. The van der Waals surface area contributed by atoms with Crippen LogP contribution in [0.3, 0.4) is 0 Å². The number of carbonyl (C=O) groups is 3. The topological polar surface area (TPSA) is 156 Å². The molecule has 0 radical (unpaired) electrons. The Morgan fingerprint density at radius 3 is 1.78 bits per heavy atom. The highest BCUT2D eigenvalue weighted by atomic mass is 79.9. The van der Waals surface area contributed by atoms with E-state index in [-0.39, 0.29) is 28.8 Å². The lowest BCUT2D eigenvalue weighted by molar-refractivity contribution is -0.385. The Kier molecular flexibility index (Phi) is 8.46. The number of nitro benzene ring substituents is 2. The summed E-state index contributed by atoms with van der Waals surface area (Å²) in [4.78, 5) is 54.1. The standard InChI is InChI=1S/C19H14BrFN2O9/c20-15(10-31-18(25)11-1-5-13(6-2-11)22(27)28)17(16(21)9-24)32-19(26)12-3-7-14(8-4-12)23(29)30/h1-9,15-17H,10H2. The Morgan fingerprint density at radius 2 is 1.38 bits per heavy atom. The van der Waals surface area contributed by atoms with Crippen LogP contribution in [0, 0.1) is 20.2 Å². The van der Waals surface area contributed by atoms with Gasteiger partial charge in [-0.3, -0.25) is 25.0 Å². The van der Waals surface area contributed by atoms with Crippen LogP contribution in [0.25, 0.3) is 0 Å². The summed E-state index contributed by atoms with van der Waals surface area (Å²) in [6, 6.07) is 8.83. The summed E-state index contributed by atoms with van der Waals surface area (Å²) in [5.74, 6) is -1.94. The van der Waals surface area contributed by atoms with Gasteiger partial charge in [0, 0.05) is 24.3 Å². The lowest BCUT2D eigenvalue weighted by Crippen LogP contribution is -2.39. The molecule has 0 N–H and O–H groups in total. The number of alkyl halides is 2. The van der Waals surface area contributed by atoms with Crippen LogP contribution in [-0.4, -0.2) is 51.8 Å². The Labute approximate surface area is 187 Å². The second-order valence-electron chi connectivity index (χ2n) is 6.17. The van der Waals surface area contributed by atoms with Crippen molar-refractivity contribution in [3.63, 3.8) is 0 Å². The highest BCUT2D eigenvalue weighted by molar-refractivity contribution is 9.09. The molecule has 0 saturated carbocycles. The molecule has 0 aliphatic rings. The number of esters is 2. The minimum absolute atomic E-state index is 0.0121. The molecule has 32 heavy (non-hydrogen) atoms. The van der Waals surface area contributed by atoms with Gasteiger partial charge in [-0.2, -0.15) is 0 Å². The van der Waals surface area contributed by atoms with Crippen LogP contribution in [0.1, 0.15) is 20.7 Å². The molecule has 0 heterocycles. The van der Waals surface area contributed by atoms with E-state index in [9.17, 15) is 39.0 Å². The van der Waals surface area contributed by atoms with E-state index in [1.54, 1.807) is 0 Å². The van der Waals surface area contributed by atoms with Crippen molar-refractivity contribution in [2.45, 2.75) is 17.1 Å². The van der Waals surface area contributed by atoms with Crippen molar-refractivity contribution in [1.29, 1.82) is 0 Å². The summed E-state index contributed by atoms with van der Waals surface area (Å²) >= 11 is 3.02. The Bertz CT molecular complexity index is 1010. The van der Waals surface area contributed by atoms with Crippen molar-refractivity contribution in [1.82, 2.24) is 0 Å². The SMILES string of the molecule is O=CC(F)C(OC(=O)c1ccc([N+](=O)[O-])cc1)C(Br)COC(=O)c1ccc([N+](=O)[O-])cc1. The van der Waals surface area contributed by atoms with Gasteiger partial charge in [0.25, 0.3) is 11.4 Å². The lowest BCUT2D eigenvalue weighted by atomic mass is 10.1. The highest BCUT2D eigenvalue weighted by Crippen LogP contribution is 2.20. The zero-order valence-electron chi connectivity index (χ0n) is 16.0. The fraction of sp³-hybridized carbons (Fsp3) is 0.211. The number of hydrogen-bond donors (Lipinski definition) is 0. The maximum atomic E-state index is 14.1. The summed E-state index contributed by atoms with van der Waals surface area (Å²) in [7, 11) is 0. The third kappa shape index (κ3) is 6.38. The lowest BCUT2D eigenvalue weighted by Gasteiger charge is -2.23. The largest absolute Gasteiger partial charge is 0.461 e. The van der Waals surface area contributed by atoms with E-state index < -0.39 is 45.5 Å². The van der Waals surface area contributed by atoms with E-state index in [1.807, 2.05) is 0 Å². The van der Waals surface area contributed by atoms with Gasteiger partial charge in [-0.05, 0) is 24.3 Å². The third-order valence-electron chi connectivity index (χ3n) is 4.04. The minimum Gasteiger partial charge on any atom is -0.461 e. The van der Waals surface area contributed by atoms with E-state index >= 15 is 0 Å². The molecule has 2 aromatic rings. The summed E-state index contributed by atoms with van der Waals surface area (Å²) in [6.45, 7) is -0.512. The molecule has 2 rings (SSSR count). The van der Waals surface area contributed by atoms with Gasteiger partial charge < -0.3 is 9.47 Å². The second kappa shape index (κ2) is 11.0. The van der Waals surface area contributed by atoms with Crippen LogP contribution >= 0.6 is 15.9 Å². The molecular formula is C19H14BrFN2O9. The predicted octanol–water partition coefficient (Wildman–Crippen LogP) is 3.19. The van der Waals surface area contributed by atoms with Gasteiger partial charge >= 0.3 is 11.9 Å². The van der Waals surface area contributed by atoms with Crippen molar-refractivity contribution < 1.29 is 38.1 Å².